The summed E-state index contributed by atoms with van der Waals surface area (Å²) in [7, 11) is 3.57. The number of anilines is 1. The highest BCUT2D eigenvalue weighted by atomic mass is 16.5. The molecule has 0 fully saturated rings. The van der Waals surface area contributed by atoms with Crippen LogP contribution < -0.4 is 15.4 Å². The molecule has 0 spiro atoms. The van der Waals surface area contributed by atoms with Crippen molar-refractivity contribution in [3.8, 4) is 11.5 Å². The average Bonchev–Trinajstić information content (AvgIpc) is 3.08. The number of hydrogen-bond acceptors (Lipinski definition) is 6. The summed E-state index contributed by atoms with van der Waals surface area (Å²) in [5.74, 6) is 1.79. The number of imidazole rings is 1. The number of pyridine rings is 1. The first kappa shape index (κ1) is 21.6. The highest BCUT2D eigenvalue weighted by molar-refractivity contribution is 5.92. The van der Waals surface area contributed by atoms with Crippen LogP contribution in [0, 0.1) is 0 Å². The summed E-state index contributed by atoms with van der Waals surface area (Å²) in [4.78, 5) is 22.9. The number of carbonyl (C=O) groups excluding carboxylic acids is 1. The van der Waals surface area contributed by atoms with E-state index in [0.29, 0.717) is 17.2 Å². The van der Waals surface area contributed by atoms with Crippen LogP contribution in [-0.2, 0) is 7.05 Å². The second-order valence-electron chi connectivity index (χ2n) is 7.01. The van der Waals surface area contributed by atoms with Gasteiger partial charge in [-0.25, -0.2) is 4.98 Å². The maximum Gasteiger partial charge on any atom is 0.269 e. The van der Waals surface area contributed by atoms with Gasteiger partial charge >= 0.3 is 0 Å². The third-order valence-electron chi connectivity index (χ3n) is 5.11. The minimum Gasteiger partial charge on any atom is -0.457 e. The van der Waals surface area contributed by atoms with E-state index in [-0.39, 0.29) is 5.91 Å². The molecular formula is C22H30N6O2. The van der Waals surface area contributed by atoms with Crippen molar-refractivity contribution in [2.45, 2.75) is 20.3 Å². The van der Waals surface area contributed by atoms with Crippen molar-refractivity contribution in [2.75, 3.05) is 38.5 Å². The molecule has 3 aromatic rings. The van der Waals surface area contributed by atoms with Gasteiger partial charge in [0.2, 0.25) is 5.95 Å². The van der Waals surface area contributed by atoms with Crippen LogP contribution in [0.2, 0.25) is 0 Å². The van der Waals surface area contributed by atoms with Crippen molar-refractivity contribution in [1.82, 2.24) is 24.8 Å². The van der Waals surface area contributed by atoms with Crippen LogP contribution in [0.4, 0.5) is 5.95 Å². The summed E-state index contributed by atoms with van der Waals surface area (Å²) in [5, 5.41) is 5.99. The van der Waals surface area contributed by atoms with Gasteiger partial charge in [0.05, 0.1) is 11.0 Å². The van der Waals surface area contributed by atoms with E-state index >= 15 is 0 Å². The first-order valence-corrected chi connectivity index (χ1v) is 10.3. The molecule has 0 saturated heterocycles. The number of benzene rings is 1. The molecule has 8 heteroatoms. The molecule has 2 N–H and O–H groups in total. The van der Waals surface area contributed by atoms with Gasteiger partial charge in [0, 0.05) is 39.0 Å². The monoisotopic (exact) mass is 410 g/mol. The molecule has 8 nitrogen and oxygen atoms in total. The Balaban J connectivity index is 1.69. The zero-order chi connectivity index (χ0) is 21.5. The summed E-state index contributed by atoms with van der Waals surface area (Å²) in [6.45, 7) is 8.48. The van der Waals surface area contributed by atoms with E-state index in [4.69, 9.17) is 9.72 Å². The lowest BCUT2D eigenvalue weighted by Crippen LogP contribution is -2.25. The first-order chi connectivity index (χ1) is 14.5. The van der Waals surface area contributed by atoms with Gasteiger partial charge in [-0.05, 0) is 44.3 Å². The molecular weight excluding hydrogens is 380 g/mol. The number of hydrogen-bond donors (Lipinski definition) is 2. The van der Waals surface area contributed by atoms with E-state index < -0.39 is 0 Å². The minimum atomic E-state index is -0.252. The van der Waals surface area contributed by atoms with E-state index in [9.17, 15) is 4.79 Å². The van der Waals surface area contributed by atoms with Gasteiger partial charge in [-0.15, -0.1) is 0 Å². The molecule has 0 unspecified atom stereocenters. The number of nitrogens with zero attached hydrogens (tertiary/aromatic N) is 4. The van der Waals surface area contributed by atoms with Crippen LogP contribution in [-0.4, -0.2) is 58.6 Å². The van der Waals surface area contributed by atoms with E-state index in [1.807, 2.05) is 29.8 Å². The summed E-state index contributed by atoms with van der Waals surface area (Å²) in [5.41, 5.74) is 2.18. The molecule has 2 aromatic heterocycles. The number of aromatic nitrogens is 3. The second-order valence-corrected chi connectivity index (χ2v) is 7.01. The number of nitrogens with one attached hydrogen (secondary N) is 2. The van der Waals surface area contributed by atoms with E-state index in [1.54, 1.807) is 25.4 Å². The minimum absolute atomic E-state index is 0.252. The Morgan fingerprint density at radius 3 is 2.67 bits per heavy atom. The zero-order valence-electron chi connectivity index (χ0n) is 18.1. The standard InChI is InChI=1S/C22H30N6O2/c1-5-28(6-2)13-7-11-25-22-26-18-14-16(8-9-20(18)27(22)4)30-17-10-12-24-19(15-17)21(29)23-3/h8-10,12,14-15H,5-7,11,13H2,1-4H3,(H,23,29)(H,25,26). The molecule has 0 aliphatic rings. The molecule has 2 heterocycles. The van der Waals surface area contributed by atoms with Crippen molar-refractivity contribution in [3.05, 3.63) is 42.2 Å². The first-order valence-electron chi connectivity index (χ1n) is 10.3. The maximum atomic E-state index is 11.8. The Morgan fingerprint density at radius 2 is 1.93 bits per heavy atom. The van der Waals surface area contributed by atoms with Gasteiger partial charge in [-0.3, -0.25) is 9.78 Å². The summed E-state index contributed by atoms with van der Waals surface area (Å²) in [6, 6.07) is 9.12. The number of amides is 1. The number of carbonyl (C=O) groups is 1. The lowest BCUT2D eigenvalue weighted by atomic mass is 10.3. The van der Waals surface area contributed by atoms with Crippen LogP contribution in [0.25, 0.3) is 11.0 Å². The van der Waals surface area contributed by atoms with Crippen LogP contribution in [0.1, 0.15) is 30.8 Å². The fourth-order valence-corrected chi connectivity index (χ4v) is 3.31. The Hall–Kier alpha value is -3.13. The molecule has 1 amide bonds. The van der Waals surface area contributed by atoms with Crippen molar-refractivity contribution < 1.29 is 9.53 Å². The molecule has 0 saturated carbocycles. The Labute approximate surface area is 177 Å². The van der Waals surface area contributed by atoms with Crippen LogP contribution >= 0.6 is 0 Å². The Morgan fingerprint density at radius 1 is 1.17 bits per heavy atom. The predicted octanol–water partition coefficient (Wildman–Crippen LogP) is 3.26. The fourth-order valence-electron chi connectivity index (χ4n) is 3.31. The maximum absolute atomic E-state index is 11.8. The zero-order valence-corrected chi connectivity index (χ0v) is 18.1. The van der Waals surface area contributed by atoms with Gasteiger partial charge in [0.15, 0.2) is 0 Å². The Kier molecular flexibility index (Phi) is 7.24. The highest BCUT2D eigenvalue weighted by Gasteiger charge is 2.11. The molecule has 0 bridgehead atoms. The SMILES string of the molecule is CCN(CC)CCCNc1nc2cc(Oc3ccnc(C(=O)NC)c3)ccc2n1C. The van der Waals surface area contributed by atoms with Crippen LogP contribution in [0.5, 0.6) is 11.5 Å². The van der Waals surface area contributed by atoms with Gasteiger partial charge in [-0.2, -0.15) is 0 Å². The molecule has 3 rings (SSSR count). The predicted molar refractivity (Wildman–Crippen MR) is 119 cm³/mol. The number of fused-ring (bicyclic) bond motifs is 1. The van der Waals surface area contributed by atoms with Crippen LogP contribution in [0.3, 0.4) is 0 Å². The van der Waals surface area contributed by atoms with Gasteiger partial charge in [-0.1, -0.05) is 13.8 Å². The van der Waals surface area contributed by atoms with E-state index in [2.05, 4.69) is 34.4 Å². The largest absolute Gasteiger partial charge is 0.457 e. The van der Waals surface area contributed by atoms with Crippen LogP contribution in [0.15, 0.2) is 36.5 Å². The van der Waals surface area contributed by atoms with Gasteiger partial charge < -0.3 is 24.8 Å². The van der Waals surface area contributed by atoms with Crippen molar-refractivity contribution in [3.63, 3.8) is 0 Å². The Bertz CT molecular complexity index is 996. The third-order valence-corrected chi connectivity index (χ3v) is 5.11. The lowest BCUT2D eigenvalue weighted by molar-refractivity contribution is 0.0958. The molecule has 0 aliphatic heterocycles. The third kappa shape index (κ3) is 5.07. The molecule has 160 valence electrons. The summed E-state index contributed by atoms with van der Waals surface area (Å²) < 4.78 is 7.97. The molecule has 0 aliphatic carbocycles. The molecule has 30 heavy (non-hydrogen) atoms. The van der Waals surface area contributed by atoms with Crippen molar-refractivity contribution in [2.24, 2.45) is 7.05 Å². The lowest BCUT2D eigenvalue weighted by Gasteiger charge is -2.17. The van der Waals surface area contributed by atoms with Gasteiger partial charge in [0.1, 0.15) is 17.2 Å². The van der Waals surface area contributed by atoms with Crippen molar-refractivity contribution >= 4 is 22.9 Å². The highest BCUT2D eigenvalue weighted by Crippen LogP contribution is 2.27. The molecule has 0 radical (unpaired) electrons. The smallest absolute Gasteiger partial charge is 0.269 e. The van der Waals surface area contributed by atoms with E-state index in [0.717, 1.165) is 49.6 Å². The quantitative estimate of drug-likeness (QED) is 0.499. The number of ether oxygens (including phenoxy) is 1. The average molecular weight is 411 g/mol. The molecule has 0 atom stereocenters. The second kappa shape index (κ2) is 10.1. The molecule has 1 aromatic carbocycles. The topological polar surface area (TPSA) is 84.3 Å². The number of rotatable bonds is 10. The normalized spacial score (nSPS) is 11.1. The van der Waals surface area contributed by atoms with E-state index in [1.165, 1.54) is 0 Å². The summed E-state index contributed by atoms with van der Waals surface area (Å²) >= 11 is 0. The summed E-state index contributed by atoms with van der Waals surface area (Å²) in [6.07, 6.45) is 2.62. The van der Waals surface area contributed by atoms with Crippen molar-refractivity contribution in [1.29, 1.82) is 0 Å². The fraction of sp³-hybridized carbons (Fsp3) is 0.409. The van der Waals surface area contributed by atoms with Gasteiger partial charge in [0.25, 0.3) is 5.91 Å². The number of aryl methyl sites for hydroxylation is 1.